The van der Waals surface area contributed by atoms with E-state index < -0.39 is 0 Å². The molecule has 0 unspecified atom stereocenters. The van der Waals surface area contributed by atoms with Gasteiger partial charge in [0.15, 0.2) is 0 Å². The number of fused-ring (bicyclic) bond motifs is 1. The molecule has 0 aromatic carbocycles. The van der Waals surface area contributed by atoms with Crippen molar-refractivity contribution in [1.29, 1.82) is 0 Å². The molecule has 1 fully saturated rings. The number of aromatic amines is 1. The van der Waals surface area contributed by atoms with E-state index in [1.807, 2.05) is 19.0 Å². The second-order valence-corrected chi connectivity index (χ2v) is 5.50. The van der Waals surface area contributed by atoms with Crippen LogP contribution in [0.15, 0.2) is 6.07 Å². The quantitative estimate of drug-likeness (QED) is 0.899. The maximum Gasteiger partial charge on any atom is 0.228 e. The lowest BCUT2D eigenvalue weighted by molar-refractivity contribution is 0.574. The summed E-state index contributed by atoms with van der Waals surface area (Å²) in [5, 5.41) is 1.14. The zero-order valence-corrected chi connectivity index (χ0v) is 11.9. The summed E-state index contributed by atoms with van der Waals surface area (Å²) in [5.41, 5.74) is 2.08. The highest BCUT2D eigenvalue weighted by Gasteiger charge is 2.18. The van der Waals surface area contributed by atoms with Gasteiger partial charge in [-0.2, -0.15) is 9.97 Å². The SMILES string of the molecule is Cc1cc2c(N3CCCCC3)nc(N(C)C)nc2[nH]1. The van der Waals surface area contributed by atoms with Crippen LogP contribution in [-0.4, -0.2) is 42.1 Å². The molecule has 0 amide bonds. The van der Waals surface area contributed by atoms with Gasteiger partial charge in [-0.3, -0.25) is 0 Å². The van der Waals surface area contributed by atoms with Crippen molar-refractivity contribution in [3.63, 3.8) is 0 Å². The van der Waals surface area contributed by atoms with Crippen LogP contribution in [0, 0.1) is 6.92 Å². The summed E-state index contributed by atoms with van der Waals surface area (Å²) in [7, 11) is 3.97. The van der Waals surface area contributed by atoms with E-state index in [0.29, 0.717) is 0 Å². The predicted octanol–water partition coefficient (Wildman–Crippen LogP) is 2.32. The molecule has 1 aliphatic heterocycles. The molecule has 2 aromatic heterocycles. The fraction of sp³-hybridized carbons (Fsp3) is 0.571. The third-order valence-electron chi connectivity index (χ3n) is 3.65. The van der Waals surface area contributed by atoms with Gasteiger partial charge in [0.25, 0.3) is 0 Å². The molecule has 1 saturated heterocycles. The van der Waals surface area contributed by atoms with Crippen molar-refractivity contribution in [1.82, 2.24) is 15.0 Å². The van der Waals surface area contributed by atoms with Crippen LogP contribution in [0.1, 0.15) is 25.0 Å². The zero-order chi connectivity index (χ0) is 13.4. The molecular formula is C14H21N5. The first-order valence-electron chi connectivity index (χ1n) is 6.95. The molecule has 3 heterocycles. The summed E-state index contributed by atoms with van der Waals surface area (Å²) in [4.78, 5) is 17.0. The summed E-state index contributed by atoms with van der Waals surface area (Å²) < 4.78 is 0. The van der Waals surface area contributed by atoms with E-state index in [-0.39, 0.29) is 0 Å². The standard InChI is InChI=1S/C14H21N5/c1-10-9-11-12(15-10)16-14(18(2)3)17-13(11)19-7-5-4-6-8-19/h9H,4-8H2,1-3H3,(H,15,16,17). The van der Waals surface area contributed by atoms with E-state index in [9.17, 15) is 0 Å². The van der Waals surface area contributed by atoms with Crippen LogP contribution in [0.2, 0.25) is 0 Å². The molecule has 102 valence electrons. The number of anilines is 2. The van der Waals surface area contributed by atoms with Gasteiger partial charge in [0, 0.05) is 32.9 Å². The topological polar surface area (TPSA) is 48.1 Å². The summed E-state index contributed by atoms with van der Waals surface area (Å²) in [5.74, 6) is 1.85. The Bertz CT molecular complexity index is 581. The van der Waals surface area contributed by atoms with Crippen LogP contribution < -0.4 is 9.80 Å². The van der Waals surface area contributed by atoms with Crippen LogP contribution in [0.5, 0.6) is 0 Å². The second-order valence-electron chi connectivity index (χ2n) is 5.50. The third-order valence-corrected chi connectivity index (χ3v) is 3.65. The van der Waals surface area contributed by atoms with Crippen molar-refractivity contribution in [2.45, 2.75) is 26.2 Å². The Morgan fingerprint density at radius 1 is 1.16 bits per heavy atom. The van der Waals surface area contributed by atoms with Crippen molar-refractivity contribution in [2.24, 2.45) is 0 Å². The average molecular weight is 259 g/mol. The molecule has 1 N–H and O–H groups in total. The fourth-order valence-electron chi connectivity index (χ4n) is 2.66. The first kappa shape index (κ1) is 12.3. The van der Waals surface area contributed by atoms with Crippen molar-refractivity contribution in [2.75, 3.05) is 37.0 Å². The first-order valence-corrected chi connectivity index (χ1v) is 6.95. The lowest BCUT2D eigenvalue weighted by atomic mass is 10.1. The summed E-state index contributed by atoms with van der Waals surface area (Å²) in [6, 6.07) is 2.15. The van der Waals surface area contributed by atoms with E-state index in [1.165, 1.54) is 19.3 Å². The fourth-order valence-corrected chi connectivity index (χ4v) is 2.66. The highest BCUT2D eigenvalue weighted by Crippen LogP contribution is 2.28. The molecule has 0 atom stereocenters. The van der Waals surface area contributed by atoms with Crippen molar-refractivity contribution < 1.29 is 0 Å². The highest BCUT2D eigenvalue weighted by molar-refractivity contribution is 5.89. The molecule has 2 aromatic rings. The lowest BCUT2D eigenvalue weighted by Crippen LogP contribution is -2.31. The molecule has 19 heavy (non-hydrogen) atoms. The number of aryl methyl sites for hydroxylation is 1. The maximum atomic E-state index is 4.76. The van der Waals surface area contributed by atoms with Crippen molar-refractivity contribution in [3.05, 3.63) is 11.8 Å². The molecule has 0 saturated carbocycles. The van der Waals surface area contributed by atoms with Gasteiger partial charge in [-0.1, -0.05) is 0 Å². The number of hydrogen-bond donors (Lipinski definition) is 1. The molecule has 5 nitrogen and oxygen atoms in total. The van der Waals surface area contributed by atoms with Crippen LogP contribution in [0.4, 0.5) is 11.8 Å². The average Bonchev–Trinajstić information content (AvgIpc) is 2.78. The molecule has 0 radical (unpaired) electrons. The van der Waals surface area contributed by atoms with Gasteiger partial charge < -0.3 is 14.8 Å². The largest absolute Gasteiger partial charge is 0.356 e. The Labute approximate surface area is 113 Å². The number of H-pyrrole nitrogens is 1. The number of nitrogens with one attached hydrogen (secondary N) is 1. The van der Waals surface area contributed by atoms with E-state index in [2.05, 4.69) is 27.9 Å². The monoisotopic (exact) mass is 259 g/mol. The van der Waals surface area contributed by atoms with E-state index in [1.54, 1.807) is 0 Å². The lowest BCUT2D eigenvalue weighted by Gasteiger charge is -2.28. The van der Waals surface area contributed by atoms with E-state index in [4.69, 9.17) is 4.98 Å². The summed E-state index contributed by atoms with van der Waals surface area (Å²) in [6.45, 7) is 4.27. The number of aromatic nitrogens is 3. The van der Waals surface area contributed by atoms with E-state index in [0.717, 1.165) is 41.6 Å². The van der Waals surface area contributed by atoms with Gasteiger partial charge in [-0.15, -0.1) is 0 Å². The Kier molecular flexibility index (Phi) is 3.05. The van der Waals surface area contributed by atoms with Crippen LogP contribution in [0.25, 0.3) is 11.0 Å². The summed E-state index contributed by atoms with van der Waals surface area (Å²) in [6.07, 6.45) is 3.84. The first-order chi connectivity index (χ1) is 9.15. The van der Waals surface area contributed by atoms with Gasteiger partial charge in [0.05, 0.1) is 5.39 Å². The molecule has 0 spiro atoms. The number of nitrogens with zero attached hydrogens (tertiary/aromatic N) is 4. The molecule has 1 aliphatic rings. The maximum absolute atomic E-state index is 4.76. The van der Waals surface area contributed by atoms with Gasteiger partial charge in [-0.05, 0) is 32.3 Å². The molecule has 0 aliphatic carbocycles. The van der Waals surface area contributed by atoms with E-state index >= 15 is 0 Å². The van der Waals surface area contributed by atoms with Gasteiger partial charge in [0.2, 0.25) is 5.95 Å². The van der Waals surface area contributed by atoms with Gasteiger partial charge in [-0.25, -0.2) is 0 Å². The van der Waals surface area contributed by atoms with Gasteiger partial charge in [0.1, 0.15) is 11.5 Å². The zero-order valence-electron chi connectivity index (χ0n) is 11.9. The molecular weight excluding hydrogens is 238 g/mol. The van der Waals surface area contributed by atoms with Crippen LogP contribution in [-0.2, 0) is 0 Å². The van der Waals surface area contributed by atoms with Crippen LogP contribution >= 0.6 is 0 Å². The minimum atomic E-state index is 0.773. The minimum absolute atomic E-state index is 0.773. The Morgan fingerprint density at radius 3 is 2.58 bits per heavy atom. The number of hydrogen-bond acceptors (Lipinski definition) is 4. The number of rotatable bonds is 2. The minimum Gasteiger partial charge on any atom is -0.356 e. The Balaban J connectivity index is 2.13. The Hall–Kier alpha value is -1.78. The molecule has 3 rings (SSSR count). The van der Waals surface area contributed by atoms with Crippen LogP contribution in [0.3, 0.4) is 0 Å². The van der Waals surface area contributed by atoms with Gasteiger partial charge >= 0.3 is 0 Å². The second kappa shape index (κ2) is 4.72. The van der Waals surface area contributed by atoms with Crippen molar-refractivity contribution >= 4 is 22.8 Å². The smallest absolute Gasteiger partial charge is 0.228 e. The molecule has 5 heteroatoms. The Morgan fingerprint density at radius 2 is 1.89 bits per heavy atom. The number of piperidine rings is 1. The third kappa shape index (κ3) is 2.25. The highest BCUT2D eigenvalue weighted by atomic mass is 15.3. The van der Waals surface area contributed by atoms with Crippen molar-refractivity contribution in [3.8, 4) is 0 Å². The summed E-state index contributed by atoms with van der Waals surface area (Å²) >= 11 is 0. The molecule has 0 bridgehead atoms. The normalized spacial score (nSPS) is 16.1. The predicted molar refractivity (Wildman–Crippen MR) is 79.0 cm³/mol.